The van der Waals surface area contributed by atoms with E-state index in [9.17, 15) is 10.5 Å². The first kappa shape index (κ1) is 22.1. The summed E-state index contributed by atoms with van der Waals surface area (Å²) in [6.45, 7) is 3.93. The van der Waals surface area contributed by atoms with E-state index >= 15 is 0 Å². The largest absolute Gasteiger partial charge is 0.481 e. The number of hydrogen-bond donors (Lipinski definition) is 1. The van der Waals surface area contributed by atoms with Crippen molar-refractivity contribution in [2.45, 2.75) is 13.8 Å². The lowest BCUT2D eigenvalue weighted by Crippen LogP contribution is -1.99. The summed E-state index contributed by atoms with van der Waals surface area (Å²) in [5, 5.41) is 21.2. The summed E-state index contributed by atoms with van der Waals surface area (Å²) in [6.07, 6.45) is 3.43. The molecule has 0 saturated carbocycles. The first-order valence-corrected chi connectivity index (χ1v) is 11.5. The van der Waals surface area contributed by atoms with Crippen molar-refractivity contribution in [1.82, 2.24) is 24.5 Å². The molecule has 0 aliphatic rings. The molecule has 0 spiro atoms. The number of thiazole rings is 1. The number of H-pyrrole nitrogens is 1. The van der Waals surface area contributed by atoms with E-state index in [1.54, 1.807) is 25.4 Å². The van der Waals surface area contributed by atoms with E-state index < -0.39 is 0 Å². The predicted octanol–water partition coefficient (Wildman–Crippen LogP) is 5.43. The molecule has 0 radical (unpaired) electrons. The number of aromatic amines is 1. The standard InChI is InChI=1S/C26H19N7OS/c1-15-9-18(10-19(12-27)24-30-20-11-23(34-3)29-14-22(20)31-24)16(2)33(15)26-21(13-28)32-25(35-26)17-7-5-4-6-8-17/h4-11,14H,1-3H3,(H,30,31)/b19-10+. The van der Waals surface area contributed by atoms with E-state index in [1.807, 2.05) is 54.8 Å². The van der Waals surface area contributed by atoms with Gasteiger partial charge >= 0.3 is 0 Å². The fraction of sp³-hybridized carbons (Fsp3) is 0.115. The van der Waals surface area contributed by atoms with Crippen LogP contribution in [0.4, 0.5) is 0 Å². The van der Waals surface area contributed by atoms with Crippen molar-refractivity contribution in [1.29, 1.82) is 10.5 Å². The quantitative estimate of drug-likeness (QED) is 0.337. The summed E-state index contributed by atoms with van der Waals surface area (Å²) in [5.74, 6) is 0.901. The van der Waals surface area contributed by atoms with Crippen molar-refractivity contribution in [2.75, 3.05) is 7.11 Å². The van der Waals surface area contributed by atoms with Crippen LogP contribution in [0.15, 0.2) is 48.7 Å². The molecule has 0 bridgehead atoms. The van der Waals surface area contributed by atoms with Gasteiger partial charge in [-0.05, 0) is 31.6 Å². The number of ether oxygens (including phenoxy) is 1. The number of benzene rings is 1. The van der Waals surface area contributed by atoms with Crippen LogP contribution in [0, 0.1) is 36.5 Å². The third kappa shape index (κ3) is 3.95. The molecule has 1 N–H and O–H groups in total. The monoisotopic (exact) mass is 477 g/mol. The fourth-order valence-electron chi connectivity index (χ4n) is 3.93. The van der Waals surface area contributed by atoms with E-state index in [-0.39, 0.29) is 0 Å². The van der Waals surface area contributed by atoms with Gasteiger partial charge < -0.3 is 14.3 Å². The van der Waals surface area contributed by atoms with Crippen LogP contribution in [0.3, 0.4) is 0 Å². The Kier molecular flexibility index (Phi) is 5.61. The number of nitrogens with zero attached hydrogens (tertiary/aromatic N) is 6. The number of rotatable bonds is 5. The Bertz CT molecular complexity index is 1680. The smallest absolute Gasteiger partial charge is 0.215 e. The van der Waals surface area contributed by atoms with Crippen molar-refractivity contribution < 1.29 is 4.74 Å². The van der Waals surface area contributed by atoms with Crippen molar-refractivity contribution >= 4 is 34.0 Å². The van der Waals surface area contributed by atoms with Crippen LogP contribution in [0.5, 0.6) is 5.88 Å². The van der Waals surface area contributed by atoms with Crippen LogP contribution in [0.25, 0.3) is 38.3 Å². The Labute approximate surface area is 205 Å². The number of nitriles is 2. The van der Waals surface area contributed by atoms with Gasteiger partial charge in [0.25, 0.3) is 0 Å². The van der Waals surface area contributed by atoms with Gasteiger partial charge in [-0.1, -0.05) is 41.7 Å². The second-order valence-electron chi connectivity index (χ2n) is 7.81. The third-order valence-electron chi connectivity index (χ3n) is 5.64. The van der Waals surface area contributed by atoms with Crippen LogP contribution >= 0.6 is 11.3 Å². The predicted molar refractivity (Wildman–Crippen MR) is 135 cm³/mol. The zero-order chi connectivity index (χ0) is 24.5. The summed E-state index contributed by atoms with van der Waals surface area (Å²) >= 11 is 1.47. The minimum atomic E-state index is 0.366. The molecule has 0 aliphatic heterocycles. The van der Waals surface area contributed by atoms with Gasteiger partial charge in [0.1, 0.15) is 28.0 Å². The number of fused-ring (bicyclic) bond motifs is 1. The average molecular weight is 478 g/mol. The summed E-state index contributed by atoms with van der Waals surface area (Å²) in [5.41, 5.74) is 5.78. The Balaban J connectivity index is 1.58. The number of nitrogens with one attached hydrogen (secondary N) is 1. The molecule has 0 amide bonds. The minimum absolute atomic E-state index is 0.366. The fourth-order valence-corrected chi connectivity index (χ4v) is 5.06. The van der Waals surface area contributed by atoms with Crippen LogP contribution < -0.4 is 4.74 Å². The molecule has 0 saturated heterocycles. The van der Waals surface area contributed by atoms with E-state index in [0.29, 0.717) is 34.0 Å². The van der Waals surface area contributed by atoms with Crippen molar-refractivity contribution in [3.8, 4) is 33.6 Å². The molecule has 35 heavy (non-hydrogen) atoms. The van der Waals surface area contributed by atoms with Gasteiger partial charge in [-0.2, -0.15) is 10.5 Å². The maximum atomic E-state index is 9.89. The van der Waals surface area contributed by atoms with Crippen molar-refractivity contribution in [2.24, 2.45) is 0 Å². The number of aromatic nitrogens is 5. The Hall–Kier alpha value is -4.73. The topological polar surface area (TPSA) is 116 Å². The average Bonchev–Trinajstić information content (AvgIpc) is 3.57. The molecule has 4 heterocycles. The molecule has 0 aliphatic carbocycles. The van der Waals surface area contributed by atoms with Crippen molar-refractivity contribution in [3.63, 3.8) is 0 Å². The number of allylic oxidation sites excluding steroid dienone is 1. The van der Waals surface area contributed by atoms with E-state index in [1.165, 1.54) is 11.3 Å². The molecule has 1 aromatic carbocycles. The zero-order valence-electron chi connectivity index (χ0n) is 19.2. The molecule has 0 atom stereocenters. The number of aryl methyl sites for hydroxylation is 1. The van der Waals surface area contributed by atoms with Crippen molar-refractivity contribution in [3.05, 3.63) is 77.1 Å². The summed E-state index contributed by atoms with van der Waals surface area (Å²) < 4.78 is 7.17. The third-order valence-corrected chi connectivity index (χ3v) is 6.73. The lowest BCUT2D eigenvalue weighted by molar-refractivity contribution is 0.398. The Morgan fingerprint density at radius 1 is 1.14 bits per heavy atom. The molecular formula is C26H19N7OS. The molecular weight excluding hydrogens is 458 g/mol. The van der Waals surface area contributed by atoms with Crippen LogP contribution in [-0.2, 0) is 0 Å². The molecule has 170 valence electrons. The highest BCUT2D eigenvalue weighted by Gasteiger charge is 2.19. The first-order chi connectivity index (χ1) is 17.0. The second-order valence-corrected chi connectivity index (χ2v) is 8.79. The number of methoxy groups -OCH3 is 1. The lowest BCUT2D eigenvalue weighted by atomic mass is 10.1. The molecule has 9 heteroatoms. The summed E-state index contributed by atoms with van der Waals surface area (Å²) in [7, 11) is 1.54. The van der Waals surface area contributed by atoms with E-state index in [2.05, 4.69) is 32.1 Å². The van der Waals surface area contributed by atoms with Crippen LogP contribution in [0.1, 0.15) is 28.5 Å². The molecule has 5 aromatic rings. The van der Waals surface area contributed by atoms with Crippen LogP contribution in [-0.4, -0.2) is 31.6 Å². The minimum Gasteiger partial charge on any atom is -0.481 e. The summed E-state index contributed by atoms with van der Waals surface area (Å²) in [4.78, 5) is 16.4. The molecule has 8 nitrogen and oxygen atoms in total. The van der Waals surface area contributed by atoms with Gasteiger partial charge in [-0.25, -0.2) is 15.0 Å². The van der Waals surface area contributed by atoms with Gasteiger partial charge in [-0.15, -0.1) is 0 Å². The normalized spacial score (nSPS) is 11.4. The number of hydrogen-bond acceptors (Lipinski definition) is 7. The maximum Gasteiger partial charge on any atom is 0.215 e. The van der Waals surface area contributed by atoms with E-state index in [4.69, 9.17) is 4.74 Å². The lowest BCUT2D eigenvalue weighted by Gasteiger charge is -2.06. The van der Waals surface area contributed by atoms with Gasteiger partial charge in [0.05, 0.1) is 29.9 Å². The molecule has 0 unspecified atom stereocenters. The highest BCUT2D eigenvalue weighted by Crippen LogP contribution is 2.34. The Morgan fingerprint density at radius 3 is 2.66 bits per heavy atom. The van der Waals surface area contributed by atoms with E-state index in [0.717, 1.165) is 32.5 Å². The first-order valence-electron chi connectivity index (χ1n) is 10.7. The van der Waals surface area contributed by atoms with Crippen LogP contribution in [0.2, 0.25) is 0 Å². The van der Waals surface area contributed by atoms with Gasteiger partial charge in [0.15, 0.2) is 5.69 Å². The highest BCUT2D eigenvalue weighted by molar-refractivity contribution is 7.17. The molecule has 5 rings (SSSR count). The second kappa shape index (κ2) is 8.90. The van der Waals surface area contributed by atoms with Gasteiger partial charge in [-0.3, -0.25) is 0 Å². The SMILES string of the molecule is COc1cc2nc(/C(C#N)=C/c3cc(C)n(-c4sc(-c5ccccc5)nc4C#N)c3C)[nH]c2cn1. The number of imidazole rings is 1. The van der Waals surface area contributed by atoms with Gasteiger partial charge in [0.2, 0.25) is 5.88 Å². The number of pyridine rings is 1. The summed E-state index contributed by atoms with van der Waals surface area (Å²) in [6, 6.07) is 18.0. The zero-order valence-corrected chi connectivity index (χ0v) is 20.0. The maximum absolute atomic E-state index is 9.89. The van der Waals surface area contributed by atoms with Gasteiger partial charge in [0, 0.05) is 23.0 Å². The highest BCUT2D eigenvalue weighted by atomic mass is 32.1. The molecule has 0 fully saturated rings. The molecule has 4 aromatic heterocycles. The Morgan fingerprint density at radius 2 is 1.94 bits per heavy atom.